The summed E-state index contributed by atoms with van der Waals surface area (Å²) in [5, 5.41) is 2.66. The second kappa shape index (κ2) is 7.87. The molecule has 0 aromatic carbocycles. The van der Waals surface area contributed by atoms with Gasteiger partial charge in [0.2, 0.25) is 0 Å². The summed E-state index contributed by atoms with van der Waals surface area (Å²) in [4.78, 5) is 0. The quantitative estimate of drug-likeness (QED) is 0.587. The summed E-state index contributed by atoms with van der Waals surface area (Å²) >= 11 is 4.43. The molecule has 0 bridgehead atoms. The molecule has 0 amide bonds. The van der Waals surface area contributed by atoms with Crippen molar-refractivity contribution in [1.29, 1.82) is 0 Å². The van der Waals surface area contributed by atoms with Gasteiger partial charge in [-0.2, -0.15) is 8.78 Å². The van der Waals surface area contributed by atoms with Crippen LogP contribution >= 0.6 is 29.2 Å². The van der Waals surface area contributed by atoms with Crippen LogP contribution in [0.5, 0.6) is 0 Å². The summed E-state index contributed by atoms with van der Waals surface area (Å²) in [6.45, 7) is 0.354. The first-order valence-corrected chi connectivity index (χ1v) is 3.08. The molecule has 2 nitrogen and oxygen atoms in total. The summed E-state index contributed by atoms with van der Waals surface area (Å²) in [7, 11) is 0. The average molecular weight is 247 g/mol. The van der Waals surface area contributed by atoms with Crippen LogP contribution in [-0.4, -0.2) is 11.7 Å². The molecule has 0 atom stereocenters. The molecule has 0 unspecified atom stereocenters. The number of nitrogens with one attached hydrogen (secondary N) is 1. The highest BCUT2D eigenvalue weighted by atomic mass is 79.9. The Hall–Kier alpha value is -0.230. The molecule has 0 saturated carbocycles. The zero-order valence-electron chi connectivity index (χ0n) is 5.64. The highest BCUT2D eigenvalue weighted by molar-refractivity contribution is 8.93. The molecule has 0 heterocycles. The Morgan fingerprint density at radius 2 is 2.09 bits per heavy atom. The maximum absolute atomic E-state index is 11.3. The highest BCUT2D eigenvalue weighted by Crippen LogP contribution is 1.96. The first-order valence-electron chi connectivity index (χ1n) is 2.67. The molecule has 0 aromatic heterocycles. The lowest BCUT2D eigenvalue weighted by Crippen LogP contribution is -2.29. The Morgan fingerprint density at radius 1 is 1.55 bits per heavy atom. The van der Waals surface area contributed by atoms with Crippen LogP contribution in [0.4, 0.5) is 8.78 Å². The Kier molecular flexibility index (Phi) is 9.57. The molecule has 11 heavy (non-hydrogen) atoms. The van der Waals surface area contributed by atoms with Gasteiger partial charge in [-0.05, 0) is 24.7 Å². The van der Waals surface area contributed by atoms with Crippen LogP contribution < -0.4 is 11.1 Å². The van der Waals surface area contributed by atoms with Gasteiger partial charge in [-0.3, -0.25) is 0 Å². The minimum Gasteiger partial charge on any atom is -0.376 e. The molecule has 66 valence electrons. The minimum atomic E-state index is -1.68. The van der Waals surface area contributed by atoms with Gasteiger partial charge in [0.25, 0.3) is 6.08 Å². The molecule has 0 saturated heterocycles. The zero-order chi connectivity index (χ0) is 7.98. The van der Waals surface area contributed by atoms with Crippen molar-refractivity contribution in [3.63, 3.8) is 0 Å². The maximum Gasteiger partial charge on any atom is 0.266 e. The summed E-state index contributed by atoms with van der Waals surface area (Å²) < 4.78 is 22.7. The van der Waals surface area contributed by atoms with Crippen LogP contribution in [0.1, 0.15) is 6.42 Å². The second-order valence-corrected chi connectivity index (χ2v) is 2.01. The number of thiocarbonyl (C=S) groups is 1. The summed E-state index contributed by atoms with van der Waals surface area (Å²) in [6, 6.07) is 0. The largest absolute Gasteiger partial charge is 0.376 e. The number of rotatable bonds is 3. The Balaban J connectivity index is 0. The third-order valence-corrected chi connectivity index (χ3v) is 0.887. The smallest absolute Gasteiger partial charge is 0.266 e. The molecular weight excluding hydrogens is 238 g/mol. The van der Waals surface area contributed by atoms with Crippen molar-refractivity contribution in [2.45, 2.75) is 6.42 Å². The van der Waals surface area contributed by atoms with Crippen molar-refractivity contribution in [2.75, 3.05) is 6.54 Å². The van der Waals surface area contributed by atoms with Crippen LogP contribution in [0.3, 0.4) is 0 Å². The minimum absolute atomic E-state index is 0. The molecule has 0 spiro atoms. The lowest BCUT2D eigenvalue weighted by atomic mass is 10.4. The van der Waals surface area contributed by atoms with Crippen LogP contribution in [0.15, 0.2) is 12.2 Å². The van der Waals surface area contributed by atoms with Crippen molar-refractivity contribution < 1.29 is 8.78 Å². The number of hydrogen-bond donors (Lipinski definition) is 2. The van der Waals surface area contributed by atoms with E-state index in [1.165, 1.54) is 0 Å². The molecule has 0 fully saturated rings. The summed E-state index contributed by atoms with van der Waals surface area (Å²) in [5.41, 5.74) is 5.02. The first kappa shape index (κ1) is 13.4. The molecule has 0 rings (SSSR count). The van der Waals surface area contributed by atoms with E-state index in [-0.39, 0.29) is 28.5 Å². The van der Waals surface area contributed by atoms with E-state index >= 15 is 0 Å². The monoisotopic (exact) mass is 246 g/mol. The van der Waals surface area contributed by atoms with Crippen LogP contribution in [-0.2, 0) is 0 Å². The van der Waals surface area contributed by atoms with E-state index in [1.54, 1.807) is 0 Å². The van der Waals surface area contributed by atoms with Crippen LogP contribution in [0.2, 0.25) is 0 Å². The SMILES string of the molecule is Br.NC(=S)NCCC=C(F)F. The van der Waals surface area contributed by atoms with Gasteiger partial charge < -0.3 is 11.1 Å². The van der Waals surface area contributed by atoms with Gasteiger partial charge in [0.15, 0.2) is 5.11 Å². The van der Waals surface area contributed by atoms with Gasteiger partial charge in [0.1, 0.15) is 0 Å². The molecule has 3 N–H and O–H groups in total. The number of halogens is 3. The Labute approximate surface area is 79.6 Å². The highest BCUT2D eigenvalue weighted by Gasteiger charge is 1.88. The van der Waals surface area contributed by atoms with E-state index in [0.717, 1.165) is 6.08 Å². The normalized spacial score (nSPS) is 7.82. The molecule has 6 heteroatoms. The first-order chi connectivity index (χ1) is 4.63. The van der Waals surface area contributed by atoms with E-state index in [1.807, 2.05) is 0 Å². The maximum atomic E-state index is 11.3. The van der Waals surface area contributed by atoms with Crippen molar-refractivity contribution in [3.8, 4) is 0 Å². The van der Waals surface area contributed by atoms with Gasteiger partial charge >= 0.3 is 0 Å². The fraction of sp³-hybridized carbons (Fsp3) is 0.400. The van der Waals surface area contributed by atoms with Crippen molar-refractivity contribution >= 4 is 34.3 Å². The molecule has 0 aliphatic heterocycles. The fourth-order valence-electron chi connectivity index (χ4n) is 0.377. The van der Waals surface area contributed by atoms with E-state index in [2.05, 4.69) is 17.5 Å². The summed E-state index contributed by atoms with van der Waals surface area (Å²) in [6.07, 6.45) is -0.630. The van der Waals surface area contributed by atoms with E-state index < -0.39 is 6.08 Å². The average Bonchev–Trinajstić information content (AvgIpc) is 1.79. The van der Waals surface area contributed by atoms with Gasteiger partial charge in [-0.15, -0.1) is 17.0 Å². The third-order valence-electron chi connectivity index (χ3n) is 0.742. The number of hydrogen-bond acceptors (Lipinski definition) is 1. The van der Waals surface area contributed by atoms with E-state index in [9.17, 15) is 8.78 Å². The van der Waals surface area contributed by atoms with Crippen LogP contribution in [0, 0.1) is 0 Å². The van der Waals surface area contributed by atoms with Gasteiger partial charge in [-0.1, -0.05) is 0 Å². The molecule has 0 aromatic rings. The standard InChI is InChI=1S/C5H8F2N2S.BrH/c6-4(7)2-1-3-9-5(8)10;/h2H,1,3H2,(H3,8,9,10);1H. The lowest BCUT2D eigenvalue weighted by Gasteiger charge is -1.97. The molecule has 0 aliphatic carbocycles. The Morgan fingerprint density at radius 3 is 2.45 bits per heavy atom. The van der Waals surface area contributed by atoms with Crippen molar-refractivity contribution in [3.05, 3.63) is 12.2 Å². The second-order valence-electron chi connectivity index (χ2n) is 1.57. The van der Waals surface area contributed by atoms with E-state index in [4.69, 9.17) is 5.73 Å². The van der Waals surface area contributed by atoms with Crippen molar-refractivity contribution in [1.82, 2.24) is 5.32 Å². The van der Waals surface area contributed by atoms with Gasteiger partial charge in [0, 0.05) is 6.54 Å². The van der Waals surface area contributed by atoms with Gasteiger partial charge in [-0.25, -0.2) is 0 Å². The van der Waals surface area contributed by atoms with Crippen LogP contribution in [0.25, 0.3) is 0 Å². The zero-order valence-corrected chi connectivity index (χ0v) is 8.17. The predicted molar refractivity (Wildman–Crippen MR) is 50.0 cm³/mol. The predicted octanol–water partition coefficient (Wildman–Crippen LogP) is 1.57. The number of nitrogens with two attached hydrogens (primary N) is 1. The third kappa shape index (κ3) is 12.9. The van der Waals surface area contributed by atoms with Gasteiger partial charge in [0.05, 0.1) is 0 Å². The van der Waals surface area contributed by atoms with E-state index in [0.29, 0.717) is 6.54 Å². The fourth-order valence-corrected chi connectivity index (χ4v) is 0.479. The molecule has 0 radical (unpaired) electrons. The summed E-state index contributed by atoms with van der Waals surface area (Å²) in [5.74, 6) is 0. The molecular formula is C5H9BrF2N2S. The lowest BCUT2D eigenvalue weighted by molar-refractivity contribution is 0.417. The van der Waals surface area contributed by atoms with Crippen molar-refractivity contribution in [2.24, 2.45) is 5.73 Å². The molecule has 0 aliphatic rings. The Bertz CT molecular complexity index is 147. The topological polar surface area (TPSA) is 38.0 Å².